The Morgan fingerprint density at radius 3 is 2.52 bits per heavy atom. The van der Waals surface area contributed by atoms with Crippen molar-refractivity contribution in [1.29, 1.82) is 0 Å². The maximum Gasteiger partial charge on any atom is 0.224 e. The molecular formula is C16H24FNO3. The lowest BCUT2D eigenvalue weighted by atomic mass is 9.83. The third-order valence-electron chi connectivity index (χ3n) is 4.08. The molecule has 0 unspecified atom stereocenters. The van der Waals surface area contributed by atoms with Gasteiger partial charge in [-0.3, -0.25) is 4.79 Å². The third-order valence-corrected chi connectivity index (χ3v) is 4.08. The monoisotopic (exact) mass is 297 g/mol. The SMILES string of the molecule is CCC(CC)(CO)CNC(=O)Cc1ccc(OC)c(F)c1. The number of halogens is 1. The first-order chi connectivity index (χ1) is 10.00. The van der Waals surface area contributed by atoms with Gasteiger partial charge in [-0.05, 0) is 30.5 Å². The predicted octanol–water partition coefficient (Wildman–Crippen LogP) is 2.29. The van der Waals surface area contributed by atoms with E-state index >= 15 is 0 Å². The average Bonchev–Trinajstić information content (AvgIpc) is 2.49. The summed E-state index contributed by atoms with van der Waals surface area (Å²) < 4.78 is 18.4. The zero-order chi connectivity index (χ0) is 15.9. The lowest BCUT2D eigenvalue weighted by Crippen LogP contribution is -2.40. The maximum absolute atomic E-state index is 13.5. The van der Waals surface area contributed by atoms with E-state index < -0.39 is 5.82 Å². The summed E-state index contributed by atoms with van der Waals surface area (Å²) in [5.74, 6) is -0.496. The number of hydrogen-bond donors (Lipinski definition) is 2. The summed E-state index contributed by atoms with van der Waals surface area (Å²) in [5.41, 5.74) is 0.314. The first-order valence-electron chi connectivity index (χ1n) is 7.20. The summed E-state index contributed by atoms with van der Waals surface area (Å²) >= 11 is 0. The number of benzene rings is 1. The highest BCUT2D eigenvalue weighted by Crippen LogP contribution is 2.24. The molecule has 0 saturated carbocycles. The lowest BCUT2D eigenvalue weighted by molar-refractivity contribution is -0.121. The van der Waals surface area contributed by atoms with Gasteiger partial charge in [0.05, 0.1) is 20.1 Å². The summed E-state index contributed by atoms with van der Waals surface area (Å²) in [5, 5.41) is 12.3. The number of rotatable bonds is 8. The van der Waals surface area contributed by atoms with E-state index in [9.17, 15) is 14.3 Å². The van der Waals surface area contributed by atoms with Crippen molar-refractivity contribution in [2.24, 2.45) is 5.41 Å². The van der Waals surface area contributed by atoms with Gasteiger partial charge in [-0.2, -0.15) is 0 Å². The molecule has 1 aromatic rings. The topological polar surface area (TPSA) is 58.6 Å². The molecule has 0 aromatic heterocycles. The van der Waals surface area contributed by atoms with Gasteiger partial charge < -0.3 is 15.2 Å². The second-order valence-electron chi connectivity index (χ2n) is 5.29. The molecule has 1 aromatic carbocycles. The highest BCUT2D eigenvalue weighted by molar-refractivity contribution is 5.78. The third kappa shape index (κ3) is 4.70. The van der Waals surface area contributed by atoms with Crippen LogP contribution >= 0.6 is 0 Å². The number of ether oxygens (including phenoxy) is 1. The van der Waals surface area contributed by atoms with E-state index in [0.717, 1.165) is 12.8 Å². The van der Waals surface area contributed by atoms with Gasteiger partial charge in [0.15, 0.2) is 11.6 Å². The van der Waals surface area contributed by atoms with Crippen LogP contribution in [0.25, 0.3) is 0 Å². The number of hydrogen-bond acceptors (Lipinski definition) is 3. The highest BCUT2D eigenvalue weighted by atomic mass is 19.1. The normalized spacial score (nSPS) is 11.3. The van der Waals surface area contributed by atoms with Gasteiger partial charge >= 0.3 is 0 Å². The molecule has 0 aliphatic rings. The summed E-state index contributed by atoms with van der Waals surface area (Å²) in [4.78, 5) is 11.9. The van der Waals surface area contributed by atoms with E-state index in [4.69, 9.17) is 4.74 Å². The van der Waals surface area contributed by atoms with Crippen molar-refractivity contribution in [3.05, 3.63) is 29.6 Å². The van der Waals surface area contributed by atoms with Crippen LogP contribution in [0.2, 0.25) is 0 Å². The van der Waals surface area contributed by atoms with E-state index in [1.807, 2.05) is 13.8 Å². The van der Waals surface area contributed by atoms with Crippen LogP contribution in [-0.4, -0.2) is 31.3 Å². The number of carbonyl (C=O) groups excluding carboxylic acids is 1. The molecule has 1 amide bonds. The molecule has 1 rings (SSSR count). The molecule has 4 nitrogen and oxygen atoms in total. The van der Waals surface area contributed by atoms with Gasteiger partial charge in [-0.1, -0.05) is 19.9 Å². The predicted molar refractivity (Wildman–Crippen MR) is 79.8 cm³/mol. The summed E-state index contributed by atoms with van der Waals surface area (Å²) in [6.07, 6.45) is 1.69. The quantitative estimate of drug-likeness (QED) is 0.774. The van der Waals surface area contributed by atoms with Gasteiger partial charge in [0.25, 0.3) is 0 Å². The minimum absolute atomic E-state index is 0.0391. The van der Waals surface area contributed by atoms with Crippen molar-refractivity contribution in [2.45, 2.75) is 33.1 Å². The maximum atomic E-state index is 13.5. The first-order valence-corrected chi connectivity index (χ1v) is 7.20. The molecule has 0 fully saturated rings. The second kappa shape index (κ2) is 7.98. The summed E-state index contributed by atoms with van der Waals surface area (Å²) in [6, 6.07) is 4.48. The minimum atomic E-state index is -0.477. The van der Waals surface area contributed by atoms with Gasteiger partial charge in [0.1, 0.15) is 0 Å². The summed E-state index contributed by atoms with van der Waals surface area (Å²) in [6.45, 7) is 4.45. The number of methoxy groups -OCH3 is 1. The lowest BCUT2D eigenvalue weighted by Gasteiger charge is -2.29. The number of aliphatic hydroxyl groups excluding tert-OH is 1. The van der Waals surface area contributed by atoms with E-state index in [-0.39, 0.29) is 30.1 Å². The van der Waals surface area contributed by atoms with Crippen molar-refractivity contribution in [3.63, 3.8) is 0 Å². The Balaban J connectivity index is 2.60. The molecule has 0 heterocycles. The molecular weight excluding hydrogens is 273 g/mol. The minimum Gasteiger partial charge on any atom is -0.494 e. The van der Waals surface area contributed by atoms with Gasteiger partial charge in [0.2, 0.25) is 5.91 Å². The fourth-order valence-corrected chi connectivity index (χ4v) is 2.13. The molecule has 0 saturated heterocycles. The van der Waals surface area contributed by atoms with Gasteiger partial charge in [-0.15, -0.1) is 0 Å². The van der Waals surface area contributed by atoms with Gasteiger partial charge in [0, 0.05) is 12.0 Å². The van der Waals surface area contributed by atoms with E-state index in [1.54, 1.807) is 6.07 Å². The van der Waals surface area contributed by atoms with Crippen LogP contribution < -0.4 is 10.1 Å². The van der Waals surface area contributed by atoms with Crippen molar-refractivity contribution >= 4 is 5.91 Å². The summed E-state index contributed by atoms with van der Waals surface area (Å²) in [7, 11) is 1.40. The fourth-order valence-electron chi connectivity index (χ4n) is 2.13. The Bertz CT molecular complexity index is 464. The molecule has 0 bridgehead atoms. The van der Waals surface area contributed by atoms with Crippen LogP contribution in [0, 0.1) is 11.2 Å². The van der Waals surface area contributed by atoms with Crippen molar-refractivity contribution in [2.75, 3.05) is 20.3 Å². The molecule has 0 aliphatic carbocycles. The Kier molecular flexibility index (Phi) is 6.62. The molecule has 118 valence electrons. The standard InChI is InChI=1S/C16H24FNO3/c1-4-16(5-2,11-19)10-18-15(20)9-12-6-7-14(21-3)13(17)8-12/h6-8,19H,4-5,9-11H2,1-3H3,(H,18,20). The van der Waals surface area contributed by atoms with Crippen molar-refractivity contribution in [1.82, 2.24) is 5.32 Å². The Hall–Kier alpha value is -1.62. The number of amides is 1. The number of aliphatic hydroxyl groups is 1. The Morgan fingerprint density at radius 1 is 1.38 bits per heavy atom. The molecule has 2 N–H and O–H groups in total. The van der Waals surface area contributed by atoms with Crippen LogP contribution in [0.1, 0.15) is 32.3 Å². The first kappa shape index (κ1) is 17.4. The van der Waals surface area contributed by atoms with Gasteiger partial charge in [-0.25, -0.2) is 4.39 Å². The molecule has 5 heteroatoms. The average molecular weight is 297 g/mol. The number of nitrogens with one attached hydrogen (secondary N) is 1. The van der Waals surface area contributed by atoms with Crippen LogP contribution in [0.4, 0.5) is 4.39 Å². The Labute approximate surface area is 125 Å². The van der Waals surface area contributed by atoms with E-state index in [1.165, 1.54) is 19.2 Å². The number of carbonyl (C=O) groups is 1. The fraction of sp³-hybridized carbons (Fsp3) is 0.562. The molecule has 21 heavy (non-hydrogen) atoms. The highest BCUT2D eigenvalue weighted by Gasteiger charge is 2.25. The zero-order valence-corrected chi connectivity index (χ0v) is 12.9. The van der Waals surface area contributed by atoms with Crippen LogP contribution in [-0.2, 0) is 11.2 Å². The smallest absolute Gasteiger partial charge is 0.224 e. The second-order valence-corrected chi connectivity index (χ2v) is 5.29. The largest absolute Gasteiger partial charge is 0.494 e. The zero-order valence-electron chi connectivity index (χ0n) is 12.9. The van der Waals surface area contributed by atoms with Crippen LogP contribution in [0.5, 0.6) is 5.75 Å². The molecule has 0 spiro atoms. The van der Waals surface area contributed by atoms with Crippen molar-refractivity contribution < 1.29 is 19.0 Å². The van der Waals surface area contributed by atoms with Crippen LogP contribution in [0.15, 0.2) is 18.2 Å². The van der Waals surface area contributed by atoms with Crippen molar-refractivity contribution in [3.8, 4) is 5.75 Å². The van der Waals surface area contributed by atoms with E-state index in [0.29, 0.717) is 12.1 Å². The van der Waals surface area contributed by atoms with Crippen LogP contribution in [0.3, 0.4) is 0 Å². The molecule has 0 atom stereocenters. The Morgan fingerprint density at radius 2 is 2.05 bits per heavy atom. The molecule has 0 radical (unpaired) electrons. The van der Waals surface area contributed by atoms with E-state index in [2.05, 4.69) is 5.32 Å². The molecule has 0 aliphatic heterocycles.